The van der Waals surface area contributed by atoms with Gasteiger partial charge in [0, 0.05) is 67.6 Å². The molecular weight excluding hydrogens is 508 g/mol. The predicted molar refractivity (Wildman–Crippen MR) is 144 cm³/mol. The highest BCUT2D eigenvalue weighted by Crippen LogP contribution is 2.36. The molecule has 0 saturated carbocycles. The first-order chi connectivity index (χ1) is 18.4. The first-order valence-corrected chi connectivity index (χ1v) is 13.0. The van der Waals surface area contributed by atoms with Crippen LogP contribution in [0.25, 0.3) is 5.65 Å². The number of carbonyl (C=O) groups excluding carboxylic acids is 2. The Kier molecular flexibility index (Phi) is 6.81. The van der Waals surface area contributed by atoms with Gasteiger partial charge in [-0.2, -0.15) is 0 Å². The molecule has 0 radical (unpaired) electrons. The monoisotopic (exact) mass is 541 g/mol. The van der Waals surface area contributed by atoms with Crippen LogP contribution in [0, 0.1) is 6.92 Å². The molecule has 5 rings (SSSR count). The minimum absolute atomic E-state index is 0.0246. The van der Waals surface area contributed by atoms with Gasteiger partial charge in [-0.25, -0.2) is 28.3 Å². The molecule has 12 heteroatoms. The molecule has 1 saturated heterocycles. The van der Waals surface area contributed by atoms with Crippen molar-refractivity contribution in [2.75, 3.05) is 41.3 Å². The summed E-state index contributed by atoms with van der Waals surface area (Å²) in [5.74, 6) is 0.505. The molecule has 1 fully saturated rings. The van der Waals surface area contributed by atoms with E-state index in [2.05, 4.69) is 20.2 Å². The summed E-state index contributed by atoms with van der Waals surface area (Å²) in [6.07, 6.45) is 2.29. The number of pyridine rings is 2. The van der Waals surface area contributed by atoms with Gasteiger partial charge in [0.15, 0.2) is 0 Å². The molecule has 0 spiro atoms. The van der Waals surface area contributed by atoms with Crippen LogP contribution < -0.4 is 15.1 Å². The number of fused-ring (bicyclic) bond motifs is 2. The van der Waals surface area contributed by atoms with Gasteiger partial charge in [0.05, 0.1) is 11.4 Å². The fourth-order valence-corrected chi connectivity index (χ4v) is 5.18. The second-order valence-corrected chi connectivity index (χ2v) is 11.0. The van der Waals surface area contributed by atoms with Crippen LogP contribution in [-0.4, -0.2) is 69.2 Å². The summed E-state index contributed by atoms with van der Waals surface area (Å²) in [5.41, 5.74) is 2.11. The second-order valence-electron chi connectivity index (χ2n) is 11.0. The summed E-state index contributed by atoms with van der Waals surface area (Å²) < 4.78 is 34.8. The Balaban J connectivity index is 1.34. The van der Waals surface area contributed by atoms with Crippen molar-refractivity contribution in [2.24, 2.45) is 0 Å². The zero-order chi connectivity index (χ0) is 28.1. The minimum atomic E-state index is -2.78. The van der Waals surface area contributed by atoms with Crippen molar-refractivity contribution in [1.82, 2.24) is 19.3 Å². The number of alkyl halides is 2. The zero-order valence-corrected chi connectivity index (χ0v) is 22.7. The molecule has 2 aliphatic rings. The number of hydrogen-bond donors (Lipinski definition) is 1. The number of halogens is 2. The fourth-order valence-electron chi connectivity index (χ4n) is 5.18. The highest BCUT2D eigenvalue weighted by Gasteiger charge is 2.34. The van der Waals surface area contributed by atoms with E-state index in [-0.39, 0.29) is 23.4 Å². The predicted octanol–water partition coefficient (Wildman–Crippen LogP) is 5.02. The molecule has 10 nitrogen and oxygen atoms in total. The molecule has 3 aromatic rings. The van der Waals surface area contributed by atoms with Crippen LogP contribution in [0.3, 0.4) is 0 Å². The average Bonchev–Trinajstić information content (AvgIpc) is 3.44. The molecule has 0 aliphatic carbocycles. The van der Waals surface area contributed by atoms with Crippen molar-refractivity contribution in [2.45, 2.75) is 59.1 Å². The van der Waals surface area contributed by atoms with E-state index >= 15 is 0 Å². The maximum Gasteiger partial charge on any atom is 0.410 e. The number of amides is 3. The van der Waals surface area contributed by atoms with Crippen molar-refractivity contribution in [1.29, 1.82) is 0 Å². The topological polar surface area (TPSA) is 95.3 Å². The molecule has 3 amide bonds. The van der Waals surface area contributed by atoms with Crippen LogP contribution >= 0.6 is 0 Å². The molecule has 1 atom stereocenters. The summed E-state index contributed by atoms with van der Waals surface area (Å²) in [7, 11) is 0. The van der Waals surface area contributed by atoms with E-state index in [4.69, 9.17) is 4.74 Å². The lowest BCUT2D eigenvalue weighted by atomic mass is 10.1. The van der Waals surface area contributed by atoms with Gasteiger partial charge in [0.2, 0.25) is 0 Å². The van der Waals surface area contributed by atoms with Gasteiger partial charge in [-0.1, -0.05) is 0 Å². The number of urea groups is 1. The molecular formula is C27H33F2N7O3. The van der Waals surface area contributed by atoms with E-state index < -0.39 is 18.1 Å². The van der Waals surface area contributed by atoms with Crippen LogP contribution in [0.5, 0.6) is 0 Å². The molecule has 0 aromatic carbocycles. The third-order valence-corrected chi connectivity index (χ3v) is 6.91. The van der Waals surface area contributed by atoms with Crippen molar-refractivity contribution < 1.29 is 23.1 Å². The largest absolute Gasteiger partial charge is 0.444 e. The van der Waals surface area contributed by atoms with Crippen LogP contribution in [-0.2, 0) is 11.2 Å². The SMILES string of the molecule is Cc1cn2cc(NC(=O)N3CCc4c(N5CCN(C(=O)OC(C)(C)C)[C@@H](C)C5)ccnc43)c(C(F)F)cc2n1. The number of piperazine rings is 1. The summed E-state index contributed by atoms with van der Waals surface area (Å²) in [6, 6.07) is 2.60. The Morgan fingerprint density at radius 3 is 2.64 bits per heavy atom. The number of nitrogens with one attached hydrogen (secondary N) is 1. The first kappa shape index (κ1) is 26.6. The van der Waals surface area contributed by atoms with Crippen molar-refractivity contribution >= 4 is 35.0 Å². The number of aromatic nitrogens is 3. The van der Waals surface area contributed by atoms with Crippen molar-refractivity contribution in [3.8, 4) is 0 Å². The first-order valence-electron chi connectivity index (χ1n) is 13.0. The number of aryl methyl sites for hydroxylation is 1. The highest BCUT2D eigenvalue weighted by molar-refractivity contribution is 6.03. The summed E-state index contributed by atoms with van der Waals surface area (Å²) in [4.78, 5) is 40.0. The molecule has 0 bridgehead atoms. The Hall–Kier alpha value is -3.96. The van der Waals surface area contributed by atoms with E-state index in [0.717, 1.165) is 11.3 Å². The van der Waals surface area contributed by atoms with Gasteiger partial charge in [-0.15, -0.1) is 0 Å². The number of carbonyl (C=O) groups is 2. The van der Waals surface area contributed by atoms with Crippen molar-refractivity contribution in [3.63, 3.8) is 0 Å². The molecule has 2 aliphatic heterocycles. The summed E-state index contributed by atoms with van der Waals surface area (Å²) in [5, 5.41) is 2.67. The smallest absolute Gasteiger partial charge is 0.410 e. The van der Waals surface area contributed by atoms with E-state index in [1.807, 2.05) is 33.8 Å². The van der Waals surface area contributed by atoms with Crippen LogP contribution in [0.15, 0.2) is 30.7 Å². The number of hydrogen-bond acceptors (Lipinski definition) is 6. The normalized spacial score (nSPS) is 17.6. The molecule has 208 valence electrons. The van der Waals surface area contributed by atoms with Gasteiger partial charge >= 0.3 is 12.1 Å². The van der Waals surface area contributed by atoms with Gasteiger partial charge in [0.25, 0.3) is 6.43 Å². The highest BCUT2D eigenvalue weighted by atomic mass is 19.3. The Labute approximate surface area is 225 Å². The number of ether oxygens (including phenoxy) is 1. The van der Waals surface area contributed by atoms with Crippen LogP contribution in [0.4, 0.5) is 35.6 Å². The summed E-state index contributed by atoms with van der Waals surface area (Å²) in [6.45, 7) is 11.4. The Bertz CT molecular complexity index is 1420. The summed E-state index contributed by atoms with van der Waals surface area (Å²) >= 11 is 0. The van der Waals surface area contributed by atoms with Crippen LogP contribution in [0.2, 0.25) is 0 Å². The third kappa shape index (κ3) is 5.32. The van der Waals surface area contributed by atoms with Gasteiger partial charge in [-0.05, 0) is 53.2 Å². The van der Waals surface area contributed by atoms with Crippen LogP contribution in [0.1, 0.15) is 50.9 Å². The van der Waals surface area contributed by atoms with E-state index in [0.29, 0.717) is 49.8 Å². The van der Waals surface area contributed by atoms with Gasteiger partial charge < -0.3 is 24.3 Å². The standard InChI is InChI=1S/C27H33F2N7O3/c1-16-13-34-15-20(19(23(28)29)12-22(34)31-16)32-25(37)36-9-7-18-21(6-8-30-24(18)36)33-10-11-35(17(2)14-33)26(38)39-27(3,4)5/h6,8,12-13,15,17,23H,7,9-11,14H2,1-5H3,(H,32,37)/t17-/m0/s1. The second kappa shape index (κ2) is 9.97. The number of anilines is 3. The average molecular weight is 542 g/mol. The quantitative estimate of drug-likeness (QED) is 0.501. The lowest BCUT2D eigenvalue weighted by Gasteiger charge is -2.41. The van der Waals surface area contributed by atoms with E-state index in [9.17, 15) is 18.4 Å². The molecule has 1 N–H and O–H groups in total. The zero-order valence-electron chi connectivity index (χ0n) is 22.7. The maximum absolute atomic E-state index is 13.8. The molecule has 39 heavy (non-hydrogen) atoms. The lowest BCUT2D eigenvalue weighted by molar-refractivity contribution is 0.0159. The Morgan fingerprint density at radius 2 is 1.95 bits per heavy atom. The van der Waals surface area contributed by atoms with E-state index in [1.54, 1.807) is 28.6 Å². The molecule has 5 heterocycles. The maximum atomic E-state index is 13.8. The number of rotatable bonds is 3. The number of imidazole rings is 1. The van der Waals surface area contributed by atoms with E-state index in [1.165, 1.54) is 17.2 Å². The Morgan fingerprint density at radius 1 is 1.18 bits per heavy atom. The molecule has 0 unspecified atom stereocenters. The van der Waals surface area contributed by atoms with Crippen molar-refractivity contribution in [3.05, 3.63) is 47.5 Å². The fraction of sp³-hybridized carbons (Fsp3) is 0.481. The van der Waals surface area contributed by atoms with Gasteiger partial charge in [0.1, 0.15) is 17.1 Å². The molecule has 3 aromatic heterocycles. The number of nitrogens with zero attached hydrogens (tertiary/aromatic N) is 6. The lowest BCUT2D eigenvalue weighted by Crippen LogP contribution is -2.55. The van der Waals surface area contributed by atoms with Gasteiger partial charge in [-0.3, -0.25) is 4.90 Å². The third-order valence-electron chi connectivity index (χ3n) is 6.91. The minimum Gasteiger partial charge on any atom is -0.444 e.